The minimum atomic E-state index is -4.26. The molecule has 1 rings (SSSR count). The molecule has 4 atom stereocenters. The monoisotopic (exact) mass is 410 g/mol. The summed E-state index contributed by atoms with van der Waals surface area (Å²) in [5, 5.41) is 40.7. The summed E-state index contributed by atoms with van der Waals surface area (Å²) in [5.41, 5.74) is -1.39. The highest BCUT2D eigenvalue weighted by molar-refractivity contribution is 8.17. The third kappa shape index (κ3) is 5.85. The Kier molecular flexibility index (Phi) is 9.24. The molecule has 0 radical (unpaired) electrons. The maximum Gasteiger partial charge on any atom is 0.207 e. The molecule has 1 aromatic carbocycles. The Morgan fingerprint density at radius 3 is 1.80 bits per heavy atom. The molecule has 0 saturated heterocycles. The molecule has 6 nitrogen and oxygen atoms in total. The SMILES string of the molecule is CCSC(SCC)[C@@H](O)[C@H](O)[C@H](O)C(O)S(=O)(=O)c1ccc(C)cc1. The molecule has 1 aromatic rings. The Balaban J connectivity index is 2.95. The minimum Gasteiger partial charge on any atom is -0.388 e. The molecule has 0 aromatic heterocycles. The Morgan fingerprint density at radius 2 is 1.36 bits per heavy atom. The van der Waals surface area contributed by atoms with Crippen molar-refractivity contribution in [1.82, 2.24) is 0 Å². The maximum absolute atomic E-state index is 12.4. The molecule has 0 aliphatic carbocycles. The zero-order chi connectivity index (χ0) is 19.2. The summed E-state index contributed by atoms with van der Waals surface area (Å²) in [5.74, 6) is 1.36. The average molecular weight is 411 g/mol. The van der Waals surface area contributed by atoms with E-state index in [1.54, 1.807) is 19.1 Å². The normalized spacial score (nSPS) is 17.3. The van der Waals surface area contributed by atoms with Gasteiger partial charge in [0.25, 0.3) is 0 Å². The van der Waals surface area contributed by atoms with Gasteiger partial charge in [0.1, 0.15) is 18.3 Å². The zero-order valence-corrected chi connectivity index (χ0v) is 16.9. The van der Waals surface area contributed by atoms with E-state index in [1.165, 1.54) is 35.7 Å². The lowest BCUT2D eigenvalue weighted by atomic mass is 10.1. The number of aliphatic hydroxyl groups is 4. The quantitative estimate of drug-likeness (QED) is 0.422. The third-order valence-electron chi connectivity index (χ3n) is 3.60. The number of benzene rings is 1. The van der Waals surface area contributed by atoms with Crippen LogP contribution in [0.25, 0.3) is 0 Å². The molecule has 1 unspecified atom stereocenters. The van der Waals surface area contributed by atoms with Gasteiger partial charge >= 0.3 is 0 Å². The molecule has 0 amide bonds. The second kappa shape index (κ2) is 10.1. The summed E-state index contributed by atoms with van der Waals surface area (Å²) in [7, 11) is -4.26. The summed E-state index contributed by atoms with van der Waals surface area (Å²) in [4.78, 5) is -0.159. The lowest BCUT2D eigenvalue weighted by Crippen LogP contribution is -2.50. The number of aliphatic hydroxyl groups excluding tert-OH is 4. The van der Waals surface area contributed by atoms with E-state index in [9.17, 15) is 28.8 Å². The van der Waals surface area contributed by atoms with Crippen molar-refractivity contribution >= 4 is 33.4 Å². The van der Waals surface area contributed by atoms with Gasteiger partial charge in [0.2, 0.25) is 9.84 Å². The van der Waals surface area contributed by atoms with Crippen molar-refractivity contribution < 1.29 is 28.8 Å². The van der Waals surface area contributed by atoms with Crippen LogP contribution < -0.4 is 0 Å². The van der Waals surface area contributed by atoms with Gasteiger partial charge in [-0.2, -0.15) is 0 Å². The molecule has 0 heterocycles. The van der Waals surface area contributed by atoms with Crippen LogP contribution >= 0.6 is 23.5 Å². The molecular weight excluding hydrogens is 384 g/mol. The summed E-state index contributed by atoms with van der Waals surface area (Å²) < 4.78 is 24.4. The van der Waals surface area contributed by atoms with Crippen LogP contribution in [0.2, 0.25) is 0 Å². The molecule has 4 N–H and O–H groups in total. The summed E-state index contributed by atoms with van der Waals surface area (Å²) in [6, 6.07) is 5.80. The van der Waals surface area contributed by atoms with Gasteiger partial charge in [-0.05, 0) is 30.6 Å². The van der Waals surface area contributed by atoms with Crippen LogP contribution in [0.4, 0.5) is 0 Å². The van der Waals surface area contributed by atoms with Crippen molar-refractivity contribution in [3.05, 3.63) is 29.8 Å². The predicted octanol–water partition coefficient (Wildman–Crippen LogP) is 1.00. The molecular formula is C16H26O6S3. The van der Waals surface area contributed by atoms with Gasteiger partial charge in [0.05, 0.1) is 9.48 Å². The van der Waals surface area contributed by atoms with Crippen molar-refractivity contribution in [1.29, 1.82) is 0 Å². The summed E-state index contributed by atoms with van der Waals surface area (Å²) in [6.45, 7) is 5.57. The fourth-order valence-corrected chi connectivity index (χ4v) is 6.05. The summed E-state index contributed by atoms with van der Waals surface area (Å²) in [6.07, 6.45) is -5.20. The minimum absolute atomic E-state index is 0.159. The Bertz CT molecular complexity index is 613. The second-order valence-electron chi connectivity index (χ2n) is 5.50. The van der Waals surface area contributed by atoms with Gasteiger partial charge in [0.15, 0.2) is 5.44 Å². The van der Waals surface area contributed by atoms with Crippen LogP contribution in [0.5, 0.6) is 0 Å². The summed E-state index contributed by atoms with van der Waals surface area (Å²) >= 11 is 2.77. The first-order chi connectivity index (χ1) is 11.7. The molecule has 0 fully saturated rings. The van der Waals surface area contributed by atoms with Crippen LogP contribution in [-0.4, -0.2) is 68.7 Å². The van der Waals surface area contributed by atoms with E-state index in [0.717, 1.165) is 5.56 Å². The van der Waals surface area contributed by atoms with E-state index >= 15 is 0 Å². The molecule has 0 aliphatic heterocycles. The topological polar surface area (TPSA) is 115 Å². The Morgan fingerprint density at radius 1 is 0.880 bits per heavy atom. The molecule has 0 aliphatic rings. The smallest absolute Gasteiger partial charge is 0.207 e. The van der Waals surface area contributed by atoms with Crippen LogP contribution in [0, 0.1) is 6.92 Å². The fourth-order valence-electron chi connectivity index (χ4n) is 2.16. The van der Waals surface area contributed by atoms with Gasteiger partial charge in [-0.3, -0.25) is 0 Å². The number of aryl methyl sites for hydroxylation is 1. The van der Waals surface area contributed by atoms with Gasteiger partial charge in [0, 0.05) is 0 Å². The van der Waals surface area contributed by atoms with E-state index in [-0.39, 0.29) is 4.90 Å². The van der Waals surface area contributed by atoms with Crippen molar-refractivity contribution in [2.24, 2.45) is 0 Å². The first-order valence-electron chi connectivity index (χ1n) is 7.92. The molecule has 9 heteroatoms. The second-order valence-corrected chi connectivity index (χ2v) is 10.7. The van der Waals surface area contributed by atoms with Crippen molar-refractivity contribution in [2.75, 3.05) is 11.5 Å². The molecule has 25 heavy (non-hydrogen) atoms. The van der Waals surface area contributed by atoms with Crippen LogP contribution in [0.15, 0.2) is 29.2 Å². The number of thioether (sulfide) groups is 2. The first-order valence-corrected chi connectivity index (χ1v) is 11.6. The van der Waals surface area contributed by atoms with Crippen LogP contribution in [-0.2, 0) is 9.84 Å². The van der Waals surface area contributed by atoms with Crippen LogP contribution in [0.1, 0.15) is 19.4 Å². The van der Waals surface area contributed by atoms with Gasteiger partial charge in [-0.1, -0.05) is 31.5 Å². The fraction of sp³-hybridized carbons (Fsp3) is 0.625. The van der Waals surface area contributed by atoms with E-state index < -0.39 is 38.2 Å². The Labute approximate surface area is 157 Å². The number of sulfone groups is 1. The zero-order valence-electron chi connectivity index (χ0n) is 14.4. The molecule has 0 spiro atoms. The highest BCUT2D eigenvalue weighted by Gasteiger charge is 2.41. The lowest BCUT2D eigenvalue weighted by molar-refractivity contribution is -0.0805. The van der Waals surface area contributed by atoms with Gasteiger partial charge < -0.3 is 20.4 Å². The van der Waals surface area contributed by atoms with E-state index in [0.29, 0.717) is 11.5 Å². The third-order valence-corrected chi connectivity index (χ3v) is 8.14. The highest BCUT2D eigenvalue weighted by atomic mass is 32.2. The average Bonchev–Trinajstić information content (AvgIpc) is 2.59. The number of rotatable bonds is 10. The van der Waals surface area contributed by atoms with E-state index in [1.807, 2.05) is 13.8 Å². The highest BCUT2D eigenvalue weighted by Crippen LogP contribution is 2.30. The van der Waals surface area contributed by atoms with E-state index in [2.05, 4.69) is 0 Å². The number of hydrogen-bond donors (Lipinski definition) is 4. The Hall–Kier alpha value is -0.290. The standard InChI is InChI=1S/C16H26O6S3/c1-4-23-16(24-5-2)14(19)12(17)13(18)15(20)25(21,22)11-8-6-10(3)7-9-11/h6-9,12-20H,4-5H2,1-3H3/t12-,13+,14+,15?/m1/s1. The first kappa shape index (κ1) is 22.8. The van der Waals surface area contributed by atoms with Crippen molar-refractivity contribution in [2.45, 2.75) is 54.0 Å². The van der Waals surface area contributed by atoms with E-state index in [4.69, 9.17) is 0 Å². The predicted molar refractivity (Wildman–Crippen MR) is 102 cm³/mol. The molecule has 0 saturated carbocycles. The lowest BCUT2D eigenvalue weighted by Gasteiger charge is -2.30. The van der Waals surface area contributed by atoms with Gasteiger partial charge in [-0.25, -0.2) is 8.42 Å². The van der Waals surface area contributed by atoms with Gasteiger partial charge in [-0.15, -0.1) is 23.5 Å². The van der Waals surface area contributed by atoms with Crippen molar-refractivity contribution in [3.8, 4) is 0 Å². The molecule has 0 bridgehead atoms. The largest absolute Gasteiger partial charge is 0.388 e. The van der Waals surface area contributed by atoms with Crippen molar-refractivity contribution in [3.63, 3.8) is 0 Å². The molecule has 144 valence electrons. The van der Waals surface area contributed by atoms with Crippen LogP contribution in [0.3, 0.4) is 0 Å². The number of hydrogen-bond acceptors (Lipinski definition) is 8. The maximum atomic E-state index is 12.4.